The molecule has 0 atom stereocenters. The number of hydrogen-bond acceptors (Lipinski definition) is 3. The van der Waals surface area contributed by atoms with Crippen molar-refractivity contribution < 1.29 is 14.3 Å². The maximum Gasteiger partial charge on any atom is 0.280 e. The molecule has 0 rings (SSSR count). The van der Waals surface area contributed by atoms with E-state index < -0.39 is 0 Å². The van der Waals surface area contributed by atoms with Crippen LogP contribution in [-0.4, -0.2) is 35.1 Å². The Kier molecular flexibility index (Phi) is 11.1. The maximum atomic E-state index is 11.8. The van der Waals surface area contributed by atoms with Crippen LogP contribution in [0.15, 0.2) is 0 Å². The Morgan fingerprint density at radius 1 is 1.04 bits per heavy atom. The second-order valence-corrected chi connectivity index (χ2v) is 8.26. The molecular formula is C17H33IN2O3. The van der Waals surface area contributed by atoms with Crippen molar-refractivity contribution in [1.82, 2.24) is 10.6 Å². The minimum Gasteiger partial charge on any atom is -0.376 e. The largest absolute Gasteiger partial charge is 0.376 e. The lowest BCUT2D eigenvalue weighted by atomic mass is 9.87. The van der Waals surface area contributed by atoms with E-state index in [4.69, 9.17) is 4.74 Å². The summed E-state index contributed by atoms with van der Waals surface area (Å²) < 4.78 is 5.89. The summed E-state index contributed by atoms with van der Waals surface area (Å²) in [5, 5.41) is 5.56. The lowest BCUT2D eigenvalue weighted by molar-refractivity contribution is -0.123. The van der Waals surface area contributed by atoms with Gasteiger partial charge in [-0.25, -0.2) is 0 Å². The van der Waals surface area contributed by atoms with E-state index in [0.717, 1.165) is 25.9 Å². The first-order chi connectivity index (χ1) is 10.6. The van der Waals surface area contributed by atoms with E-state index in [1.165, 1.54) is 0 Å². The average molecular weight is 440 g/mol. The Morgan fingerprint density at radius 3 is 2.22 bits per heavy atom. The number of carbonyl (C=O) groups excluding carboxylic acids is 2. The normalized spacial score (nSPS) is 12.1. The van der Waals surface area contributed by atoms with E-state index in [1.54, 1.807) is 22.6 Å². The predicted octanol–water partition coefficient (Wildman–Crippen LogP) is 4.04. The Labute approximate surface area is 154 Å². The average Bonchev–Trinajstić information content (AvgIpc) is 2.44. The first kappa shape index (κ1) is 22.6. The summed E-state index contributed by atoms with van der Waals surface area (Å²) in [6.07, 6.45) is 4.07. The Balaban J connectivity index is 3.81. The molecular weight excluding hydrogens is 407 g/mol. The fraction of sp³-hybridized carbons (Fsp3) is 0.882. The molecule has 0 saturated heterocycles. The number of ether oxygens (including phenoxy) is 1. The summed E-state index contributed by atoms with van der Waals surface area (Å²) in [5.74, 6) is 0.0383. The zero-order valence-electron chi connectivity index (χ0n) is 15.3. The van der Waals surface area contributed by atoms with Crippen LogP contribution in [0.2, 0.25) is 0 Å². The van der Waals surface area contributed by atoms with Gasteiger partial charge in [0.1, 0.15) is 0 Å². The summed E-state index contributed by atoms with van der Waals surface area (Å²) in [6, 6.07) is 0. The van der Waals surface area contributed by atoms with Gasteiger partial charge in [0.25, 0.3) is 3.91 Å². The lowest BCUT2D eigenvalue weighted by Gasteiger charge is -2.28. The number of nitrogens with one attached hydrogen (secondary N) is 2. The number of amides is 2. The number of halogens is 1. The molecule has 6 heteroatoms. The van der Waals surface area contributed by atoms with Crippen LogP contribution >= 0.6 is 22.6 Å². The van der Waals surface area contributed by atoms with Crippen molar-refractivity contribution in [1.29, 1.82) is 0 Å². The number of hydrogen-bond donors (Lipinski definition) is 2. The van der Waals surface area contributed by atoms with Crippen molar-refractivity contribution in [2.75, 3.05) is 19.7 Å². The fourth-order valence-corrected chi connectivity index (χ4v) is 2.13. The summed E-state index contributed by atoms with van der Waals surface area (Å²) in [5.41, 5.74) is 0.0250. The van der Waals surface area contributed by atoms with Gasteiger partial charge in [-0.05, 0) is 38.5 Å². The molecule has 23 heavy (non-hydrogen) atoms. The Bertz CT molecular complexity index is 371. The second-order valence-electron chi connectivity index (χ2n) is 7.28. The van der Waals surface area contributed by atoms with Gasteiger partial charge < -0.3 is 15.4 Å². The summed E-state index contributed by atoms with van der Waals surface area (Å²) in [7, 11) is 0. The zero-order chi connectivity index (χ0) is 17.9. The van der Waals surface area contributed by atoms with Crippen molar-refractivity contribution in [3.63, 3.8) is 0 Å². The van der Waals surface area contributed by atoms with Gasteiger partial charge in [0, 0.05) is 48.7 Å². The standard InChI is InChI=1S/C17H33IN2O3/c1-6-16(2,3)10-13-23-17(4,5)9-8-14(21)19-11-7-12-20-15(18)22/h6-13H2,1-5H3,(H,19,21)(H,20,22). The highest BCUT2D eigenvalue weighted by Crippen LogP contribution is 2.26. The van der Waals surface area contributed by atoms with Gasteiger partial charge in [0.05, 0.1) is 5.60 Å². The van der Waals surface area contributed by atoms with E-state index in [2.05, 4.69) is 31.4 Å². The van der Waals surface area contributed by atoms with E-state index in [-0.39, 0.29) is 15.4 Å². The topological polar surface area (TPSA) is 67.4 Å². The molecule has 0 aromatic carbocycles. The maximum absolute atomic E-state index is 11.8. The van der Waals surface area contributed by atoms with Gasteiger partial charge in [0.2, 0.25) is 5.91 Å². The number of rotatable bonds is 12. The molecule has 0 aliphatic heterocycles. The molecule has 0 fully saturated rings. The van der Waals surface area contributed by atoms with Crippen molar-refractivity contribution >= 4 is 32.4 Å². The zero-order valence-corrected chi connectivity index (χ0v) is 17.4. The SMILES string of the molecule is CCC(C)(C)CCOC(C)(C)CCC(=O)NCCCNC(=O)I. The molecule has 5 nitrogen and oxygen atoms in total. The molecule has 0 aliphatic carbocycles. The van der Waals surface area contributed by atoms with Crippen molar-refractivity contribution in [3.05, 3.63) is 0 Å². The van der Waals surface area contributed by atoms with Gasteiger partial charge in [0.15, 0.2) is 0 Å². The van der Waals surface area contributed by atoms with Crippen LogP contribution in [-0.2, 0) is 9.53 Å². The van der Waals surface area contributed by atoms with E-state index in [0.29, 0.717) is 31.3 Å². The molecule has 0 saturated carbocycles. The van der Waals surface area contributed by atoms with Crippen LogP contribution in [0.5, 0.6) is 0 Å². The van der Waals surface area contributed by atoms with E-state index in [1.807, 2.05) is 13.8 Å². The van der Waals surface area contributed by atoms with Gasteiger partial charge in [-0.2, -0.15) is 0 Å². The first-order valence-electron chi connectivity index (χ1n) is 8.42. The highest BCUT2D eigenvalue weighted by Gasteiger charge is 2.22. The molecule has 0 aromatic heterocycles. The Morgan fingerprint density at radius 2 is 1.65 bits per heavy atom. The molecule has 0 heterocycles. The molecule has 2 N–H and O–H groups in total. The highest BCUT2D eigenvalue weighted by molar-refractivity contribution is 14.1. The fourth-order valence-electron chi connectivity index (χ4n) is 1.86. The molecule has 136 valence electrons. The van der Waals surface area contributed by atoms with Gasteiger partial charge in [-0.1, -0.05) is 27.2 Å². The molecule has 0 unspecified atom stereocenters. The van der Waals surface area contributed by atoms with Crippen molar-refractivity contribution in [2.24, 2.45) is 5.41 Å². The summed E-state index contributed by atoms with van der Waals surface area (Å²) in [6.45, 7) is 12.7. The van der Waals surface area contributed by atoms with E-state index in [9.17, 15) is 9.59 Å². The predicted molar refractivity (Wildman–Crippen MR) is 103 cm³/mol. The molecule has 0 bridgehead atoms. The second kappa shape index (κ2) is 11.2. The van der Waals surface area contributed by atoms with Crippen LogP contribution in [0.4, 0.5) is 4.79 Å². The summed E-state index contributed by atoms with van der Waals surface area (Å²) >= 11 is 1.70. The molecule has 2 amide bonds. The number of carbonyl (C=O) groups is 2. The van der Waals surface area contributed by atoms with Crippen LogP contribution in [0.1, 0.15) is 66.7 Å². The Hall–Kier alpha value is -0.370. The van der Waals surface area contributed by atoms with Crippen molar-refractivity contribution in [3.8, 4) is 0 Å². The smallest absolute Gasteiger partial charge is 0.280 e. The van der Waals surface area contributed by atoms with Gasteiger partial charge in [-0.3, -0.25) is 9.59 Å². The van der Waals surface area contributed by atoms with Crippen LogP contribution < -0.4 is 10.6 Å². The third-order valence-electron chi connectivity index (χ3n) is 4.12. The third kappa shape index (κ3) is 13.7. The van der Waals surface area contributed by atoms with Crippen LogP contribution in [0.3, 0.4) is 0 Å². The lowest BCUT2D eigenvalue weighted by Crippen LogP contribution is -2.32. The van der Waals surface area contributed by atoms with Crippen LogP contribution in [0, 0.1) is 5.41 Å². The van der Waals surface area contributed by atoms with Crippen LogP contribution in [0.25, 0.3) is 0 Å². The summed E-state index contributed by atoms with van der Waals surface area (Å²) in [4.78, 5) is 22.5. The highest BCUT2D eigenvalue weighted by atomic mass is 127. The first-order valence-corrected chi connectivity index (χ1v) is 9.50. The monoisotopic (exact) mass is 440 g/mol. The van der Waals surface area contributed by atoms with Gasteiger partial charge >= 0.3 is 0 Å². The third-order valence-corrected chi connectivity index (χ3v) is 4.50. The van der Waals surface area contributed by atoms with E-state index >= 15 is 0 Å². The van der Waals surface area contributed by atoms with Gasteiger partial charge in [-0.15, -0.1) is 0 Å². The minimum atomic E-state index is -0.281. The molecule has 0 aliphatic rings. The minimum absolute atomic E-state index is 0.0383. The molecule has 0 spiro atoms. The molecule has 0 radical (unpaired) electrons. The molecule has 0 aromatic rings. The quantitative estimate of drug-likeness (QED) is 0.208. The van der Waals surface area contributed by atoms with Crippen molar-refractivity contribution in [2.45, 2.75) is 72.3 Å².